The molecule has 6 rings (SSSR count). The number of aryl methyl sites for hydroxylation is 2. The van der Waals surface area contributed by atoms with Crippen molar-refractivity contribution >= 4 is 5.91 Å². The molecule has 1 saturated heterocycles. The van der Waals surface area contributed by atoms with Crippen LogP contribution in [0.2, 0.25) is 0 Å². The number of carbonyl (C=O) groups excluding carboxylic acids is 1. The zero-order valence-electron chi connectivity index (χ0n) is 20.4. The van der Waals surface area contributed by atoms with Gasteiger partial charge >= 0.3 is 0 Å². The number of fused-ring (bicyclic) bond motifs is 2. The van der Waals surface area contributed by atoms with Crippen LogP contribution in [0.4, 0.5) is 0 Å². The van der Waals surface area contributed by atoms with Crippen LogP contribution >= 0.6 is 0 Å². The maximum Gasteiger partial charge on any atom is 0.274 e. The van der Waals surface area contributed by atoms with E-state index in [9.17, 15) is 9.90 Å². The minimum atomic E-state index is -0.319. The van der Waals surface area contributed by atoms with Gasteiger partial charge in [-0.1, -0.05) is 42.5 Å². The van der Waals surface area contributed by atoms with Gasteiger partial charge < -0.3 is 19.5 Å². The van der Waals surface area contributed by atoms with E-state index in [-0.39, 0.29) is 18.8 Å². The Morgan fingerprint density at radius 2 is 1.86 bits per heavy atom. The maximum absolute atomic E-state index is 13.6. The Morgan fingerprint density at radius 1 is 1.03 bits per heavy atom. The molecule has 1 fully saturated rings. The Morgan fingerprint density at radius 3 is 2.69 bits per heavy atom. The lowest BCUT2D eigenvalue weighted by Crippen LogP contribution is -2.41. The number of ether oxygens (including phenoxy) is 2. The van der Waals surface area contributed by atoms with Gasteiger partial charge in [0.1, 0.15) is 0 Å². The number of piperidine rings is 1. The summed E-state index contributed by atoms with van der Waals surface area (Å²) in [4.78, 5) is 17.8. The number of para-hydroxylation sites is 1. The van der Waals surface area contributed by atoms with Crippen molar-refractivity contribution in [2.75, 3.05) is 26.4 Å². The van der Waals surface area contributed by atoms with E-state index in [2.05, 4.69) is 39.9 Å². The van der Waals surface area contributed by atoms with Gasteiger partial charge in [-0.2, -0.15) is 5.10 Å². The number of hydrogen-bond acceptors (Lipinski definition) is 6. The van der Waals surface area contributed by atoms with Gasteiger partial charge in [-0.05, 0) is 30.9 Å². The van der Waals surface area contributed by atoms with Crippen LogP contribution in [0, 0.1) is 0 Å². The fourth-order valence-corrected chi connectivity index (χ4v) is 5.49. The van der Waals surface area contributed by atoms with Gasteiger partial charge in [0.05, 0.1) is 6.10 Å². The second-order valence-corrected chi connectivity index (χ2v) is 9.87. The lowest BCUT2D eigenvalue weighted by molar-refractivity contribution is 0.0538. The molecule has 0 atom stereocenters. The lowest BCUT2D eigenvalue weighted by atomic mass is 10.0. The number of amides is 1. The first kappa shape index (κ1) is 23.1. The molecule has 1 amide bonds. The van der Waals surface area contributed by atoms with E-state index in [1.54, 1.807) is 0 Å². The number of aliphatic hydroxyl groups excluding tert-OH is 1. The summed E-state index contributed by atoms with van der Waals surface area (Å²) in [7, 11) is 0. The second-order valence-electron chi connectivity index (χ2n) is 9.87. The van der Waals surface area contributed by atoms with Crippen molar-refractivity contribution in [3.05, 3.63) is 76.6 Å². The molecule has 0 radical (unpaired) electrons. The molecule has 0 saturated carbocycles. The third-order valence-corrected chi connectivity index (χ3v) is 7.49. The minimum Gasteiger partial charge on any atom is -0.454 e. The number of rotatable bonds is 6. The molecule has 0 spiro atoms. The molecule has 0 aliphatic carbocycles. The van der Waals surface area contributed by atoms with Crippen molar-refractivity contribution in [1.82, 2.24) is 19.6 Å². The third kappa shape index (κ3) is 4.58. The number of benzene rings is 2. The van der Waals surface area contributed by atoms with Gasteiger partial charge in [0, 0.05) is 62.5 Å². The number of aromatic nitrogens is 2. The van der Waals surface area contributed by atoms with Crippen molar-refractivity contribution in [2.45, 2.75) is 51.4 Å². The summed E-state index contributed by atoms with van der Waals surface area (Å²) in [5.74, 6) is 1.60. The SMILES string of the molecule is O=C(c1nn(CCc2ccccc2)c2c1CN(Cc1cccc3c1OCO3)CC2)N1CCC(O)CC1. The van der Waals surface area contributed by atoms with Crippen molar-refractivity contribution < 1.29 is 19.4 Å². The Hall–Kier alpha value is -3.36. The molecule has 3 aromatic rings. The van der Waals surface area contributed by atoms with Gasteiger partial charge in [-0.25, -0.2) is 0 Å². The van der Waals surface area contributed by atoms with E-state index in [0.717, 1.165) is 55.1 Å². The van der Waals surface area contributed by atoms with Gasteiger partial charge in [0.15, 0.2) is 17.2 Å². The zero-order chi connectivity index (χ0) is 24.5. The van der Waals surface area contributed by atoms with E-state index in [4.69, 9.17) is 14.6 Å². The predicted molar refractivity (Wildman–Crippen MR) is 134 cm³/mol. The highest BCUT2D eigenvalue weighted by Gasteiger charge is 2.32. The first-order valence-electron chi connectivity index (χ1n) is 12.9. The van der Waals surface area contributed by atoms with Crippen LogP contribution in [0.1, 0.15) is 45.7 Å². The smallest absolute Gasteiger partial charge is 0.274 e. The quantitative estimate of drug-likeness (QED) is 0.575. The van der Waals surface area contributed by atoms with E-state index >= 15 is 0 Å². The number of carbonyl (C=O) groups is 1. The topological polar surface area (TPSA) is 80.1 Å². The van der Waals surface area contributed by atoms with Crippen LogP contribution in [0.25, 0.3) is 0 Å². The Labute approximate surface area is 211 Å². The van der Waals surface area contributed by atoms with Crippen LogP contribution in [0.15, 0.2) is 48.5 Å². The highest BCUT2D eigenvalue weighted by molar-refractivity contribution is 5.94. The average Bonchev–Trinajstić information content (AvgIpc) is 3.53. The van der Waals surface area contributed by atoms with Crippen LogP contribution in [0.5, 0.6) is 11.5 Å². The monoisotopic (exact) mass is 488 g/mol. The molecule has 1 N–H and O–H groups in total. The first-order valence-corrected chi connectivity index (χ1v) is 12.9. The predicted octanol–water partition coefficient (Wildman–Crippen LogP) is 3.01. The minimum absolute atomic E-state index is 0.0178. The molecular weight excluding hydrogens is 456 g/mol. The Kier molecular flexibility index (Phi) is 6.37. The summed E-state index contributed by atoms with van der Waals surface area (Å²) >= 11 is 0. The van der Waals surface area contributed by atoms with Crippen LogP contribution in [0.3, 0.4) is 0 Å². The highest BCUT2D eigenvalue weighted by Crippen LogP contribution is 2.37. The molecule has 2 aromatic carbocycles. The molecule has 1 aromatic heterocycles. The van der Waals surface area contributed by atoms with Crippen LogP contribution in [-0.2, 0) is 32.5 Å². The summed E-state index contributed by atoms with van der Waals surface area (Å²) in [6, 6.07) is 16.4. The van der Waals surface area contributed by atoms with Gasteiger partial charge in [-0.3, -0.25) is 14.4 Å². The zero-order valence-corrected chi connectivity index (χ0v) is 20.4. The van der Waals surface area contributed by atoms with E-state index in [1.807, 2.05) is 23.1 Å². The molecule has 8 nitrogen and oxygen atoms in total. The summed E-state index contributed by atoms with van der Waals surface area (Å²) in [5.41, 5.74) is 5.13. The average molecular weight is 489 g/mol. The van der Waals surface area contributed by atoms with Crippen LogP contribution in [-0.4, -0.2) is 63.1 Å². The lowest BCUT2D eigenvalue weighted by Gasteiger charge is -2.30. The standard InChI is InChI=1S/C28H32N4O4/c33-22-10-14-31(15-11-22)28(34)26-23-18-30(17-21-7-4-8-25-27(21)36-19-35-25)13-12-24(23)32(29-26)16-9-20-5-2-1-3-6-20/h1-8,22,33H,9-19H2. The van der Waals surface area contributed by atoms with Crippen molar-refractivity contribution in [3.8, 4) is 11.5 Å². The molecule has 36 heavy (non-hydrogen) atoms. The molecule has 3 aliphatic heterocycles. The van der Waals surface area contributed by atoms with Crippen molar-refractivity contribution in [1.29, 1.82) is 0 Å². The molecule has 188 valence electrons. The molecule has 3 aliphatic rings. The molecule has 8 heteroatoms. The number of likely N-dealkylation sites (tertiary alicyclic amines) is 1. The molecule has 4 heterocycles. The fourth-order valence-electron chi connectivity index (χ4n) is 5.49. The summed E-state index contributed by atoms with van der Waals surface area (Å²) < 4.78 is 13.3. The van der Waals surface area contributed by atoms with Crippen molar-refractivity contribution in [2.24, 2.45) is 0 Å². The fraction of sp³-hybridized carbons (Fsp3) is 0.429. The third-order valence-electron chi connectivity index (χ3n) is 7.49. The Bertz CT molecular complexity index is 1230. The Balaban J connectivity index is 1.26. The molecular formula is C28H32N4O4. The maximum atomic E-state index is 13.6. The summed E-state index contributed by atoms with van der Waals surface area (Å²) in [6.45, 7) is 4.43. The van der Waals surface area contributed by atoms with E-state index in [1.165, 1.54) is 11.3 Å². The first-order chi connectivity index (χ1) is 17.7. The summed E-state index contributed by atoms with van der Waals surface area (Å²) in [5, 5.41) is 14.8. The second kappa shape index (κ2) is 9.95. The normalized spacial score (nSPS) is 17.9. The number of hydrogen-bond donors (Lipinski definition) is 1. The van der Waals surface area contributed by atoms with Gasteiger partial charge in [-0.15, -0.1) is 0 Å². The van der Waals surface area contributed by atoms with Gasteiger partial charge in [0.2, 0.25) is 6.79 Å². The van der Waals surface area contributed by atoms with Crippen molar-refractivity contribution in [3.63, 3.8) is 0 Å². The molecule has 0 bridgehead atoms. The number of nitrogens with zero attached hydrogens (tertiary/aromatic N) is 4. The van der Waals surface area contributed by atoms with E-state index in [0.29, 0.717) is 38.2 Å². The van der Waals surface area contributed by atoms with E-state index < -0.39 is 0 Å². The van der Waals surface area contributed by atoms with Crippen LogP contribution < -0.4 is 9.47 Å². The van der Waals surface area contributed by atoms with Gasteiger partial charge in [0.25, 0.3) is 5.91 Å². The highest BCUT2D eigenvalue weighted by atomic mass is 16.7. The number of aliphatic hydroxyl groups is 1. The molecule has 0 unspecified atom stereocenters. The largest absolute Gasteiger partial charge is 0.454 e. The summed E-state index contributed by atoms with van der Waals surface area (Å²) in [6.07, 6.45) is 2.64.